The van der Waals surface area contributed by atoms with Crippen molar-refractivity contribution >= 4 is 11.9 Å². The summed E-state index contributed by atoms with van der Waals surface area (Å²) in [6.45, 7) is 13.8. The molecule has 0 bridgehead atoms. The zero-order chi connectivity index (χ0) is 19.7. The molecule has 26 heavy (non-hydrogen) atoms. The molecule has 0 fully saturated rings. The van der Waals surface area contributed by atoms with Crippen molar-refractivity contribution in [3.05, 3.63) is 47.5 Å². The minimum Gasteiger partial charge on any atom is -0.462 e. The Kier molecular flexibility index (Phi) is 8.64. The van der Waals surface area contributed by atoms with Gasteiger partial charge in [0.05, 0.1) is 17.7 Å². The van der Waals surface area contributed by atoms with Crippen molar-refractivity contribution in [2.24, 2.45) is 11.8 Å². The van der Waals surface area contributed by atoms with Gasteiger partial charge in [0.2, 0.25) is 0 Å². The maximum atomic E-state index is 12.6. The lowest BCUT2D eigenvalue weighted by molar-refractivity contribution is 0.0355. The highest BCUT2D eigenvalue weighted by atomic mass is 16.5. The number of carbonyl (C=O) groups excluding carboxylic acids is 2. The molecule has 0 spiro atoms. The molecule has 140 valence electrons. The van der Waals surface area contributed by atoms with Crippen LogP contribution < -0.4 is 0 Å². The minimum absolute atomic E-state index is 0.187. The van der Waals surface area contributed by atoms with E-state index in [4.69, 9.17) is 9.47 Å². The Morgan fingerprint density at radius 3 is 2.12 bits per heavy atom. The van der Waals surface area contributed by atoms with Crippen LogP contribution in [0.4, 0.5) is 0 Å². The molecule has 1 unspecified atom stereocenters. The highest BCUT2D eigenvalue weighted by Crippen LogP contribution is 2.16. The molecule has 1 aromatic carbocycles. The normalized spacial score (nSPS) is 11.5. The lowest BCUT2D eigenvalue weighted by Gasteiger charge is -2.16. The van der Waals surface area contributed by atoms with Gasteiger partial charge >= 0.3 is 11.9 Å². The van der Waals surface area contributed by atoms with Gasteiger partial charge in [-0.15, -0.1) is 0 Å². The maximum absolute atomic E-state index is 12.6. The first-order valence-corrected chi connectivity index (χ1v) is 8.84. The van der Waals surface area contributed by atoms with Crippen LogP contribution in [0.15, 0.2) is 36.4 Å². The third-order valence-corrected chi connectivity index (χ3v) is 3.30. The van der Waals surface area contributed by atoms with E-state index in [1.807, 2.05) is 27.7 Å². The summed E-state index contributed by atoms with van der Waals surface area (Å²) < 4.78 is 10.8. The number of esters is 2. The van der Waals surface area contributed by atoms with Gasteiger partial charge in [-0.3, -0.25) is 0 Å². The van der Waals surface area contributed by atoms with E-state index in [9.17, 15) is 9.59 Å². The predicted molar refractivity (Wildman–Crippen MR) is 103 cm³/mol. The molecule has 4 nitrogen and oxygen atoms in total. The summed E-state index contributed by atoms with van der Waals surface area (Å²) in [7, 11) is 0. The Hall–Kier alpha value is -2.54. The molecule has 0 aliphatic heterocycles. The highest BCUT2D eigenvalue weighted by Gasteiger charge is 2.22. The molecule has 1 aromatic rings. The van der Waals surface area contributed by atoms with Crippen molar-refractivity contribution in [2.75, 3.05) is 6.61 Å². The fourth-order valence-electron chi connectivity index (χ4n) is 2.12. The van der Waals surface area contributed by atoms with Crippen molar-refractivity contribution in [3.8, 4) is 11.8 Å². The molecular formula is C22H28O4. The van der Waals surface area contributed by atoms with Gasteiger partial charge in [-0.1, -0.05) is 58.2 Å². The second-order valence-corrected chi connectivity index (χ2v) is 7.11. The standard InChI is InChI=1S/C22H28O4/c1-15(2)11-12-18(13-16(3)4)26-22(24)20-10-8-7-9-19(20)21(23)25-14-17(5)6/h7-10,16-18H,1,13-14H2,2-6H3. The van der Waals surface area contributed by atoms with Gasteiger partial charge in [-0.05, 0) is 42.9 Å². The number of hydrogen-bond donors (Lipinski definition) is 0. The Balaban J connectivity index is 2.99. The second-order valence-electron chi connectivity index (χ2n) is 7.11. The van der Waals surface area contributed by atoms with Gasteiger partial charge in [0, 0.05) is 0 Å². The Bertz CT molecular complexity index is 704. The maximum Gasteiger partial charge on any atom is 0.340 e. The Morgan fingerprint density at radius 2 is 1.62 bits per heavy atom. The lowest BCUT2D eigenvalue weighted by Crippen LogP contribution is -2.21. The van der Waals surface area contributed by atoms with E-state index in [1.165, 1.54) is 0 Å². The molecule has 4 heteroatoms. The Labute approximate surface area is 156 Å². The molecule has 0 saturated carbocycles. The fraction of sp³-hybridized carbons (Fsp3) is 0.455. The summed E-state index contributed by atoms with van der Waals surface area (Å²) in [5, 5.41) is 0. The fourth-order valence-corrected chi connectivity index (χ4v) is 2.12. The molecular weight excluding hydrogens is 328 g/mol. The van der Waals surface area contributed by atoms with Crippen LogP contribution in [0.1, 0.15) is 61.8 Å². The largest absolute Gasteiger partial charge is 0.462 e. The number of allylic oxidation sites excluding steroid dienone is 1. The lowest BCUT2D eigenvalue weighted by atomic mass is 10.0. The summed E-state index contributed by atoms with van der Waals surface area (Å²) in [4.78, 5) is 24.9. The molecule has 0 saturated heterocycles. The van der Waals surface area contributed by atoms with E-state index in [1.54, 1.807) is 31.2 Å². The van der Waals surface area contributed by atoms with Gasteiger partial charge in [0.1, 0.15) is 0 Å². The second kappa shape index (κ2) is 10.5. The van der Waals surface area contributed by atoms with Gasteiger partial charge in [-0.2, -0.15) is 0 Å². The summed E-state index contributed by atoms with van der Waals surface area (Å²) in [6, 6.07) is 6.51. The monoisotopic (exact) mass is 356 g/mol. The van der Waals surface area contributed by atoms with Crippen molar-refractivity contribution in [1.82, 2.24) is 0 Å². The molecule has 0 N–H and O–H groups in total. The van der Waals surface area contributed by atoms with Crippen LogP contribution >= 0.6 is 0 Å². The summed E-state index contributed by atoms with van der Waals surface area (Å²) in [5.74, 6) is 5.21. The highest BCUT2D eigenvalue weighted by molar-refractivity contribution is 6.03. The SMILES string of the molecule is C=C(C)C#CC(CC(C)C)OC(=O)c1ccccc1C(=O)OCC(C)C. The van der Waals surface area contributed by atoms with E-state index >= 15 is 0 Å². The predicted octanol–water partition coefficient (Wildman–Crippen LogP) is 4.65. The molecule has 0 radical (unpaired) electrons. The third-order valence-electron chi connectivity index (χ3n) is 3.30. The average molecular weight is 356 g/mol. The van der Waals surface area contributed by atoms with Gasteiger partial charge < -0.3 is 9.47 Å². The van der Waals surface area contributed by atoms with E-state index in [0.717, 1.165) is 0 Å². The van der Waals surface area contributed by atoms with Gasteiger partial charge in [0.15, 0.2) is 6.10 Å². The number of benzene rings is 1. The number of ether oxygens (including phenoxy) is 2. The molecule has 0 aliphatic carbocycles. The topological polar surface area (TPSA) is 52.6 Å². The van der Waals surface area contributed by atoms with Crippen molar-refractivity contribution < 1.29 is 19.1 Å². The number of rotatable bonds is 7. The number of carbonyl (C=O) groups is 2. The molecule has 1 atom stereocenters. The van der Waals surface area contributed by atoms with Crippen LogP contribution in [0, 0.1) is 23.7 Å². The van der Waals surface area contributed by atoms with E-state index < -0.39 is 18.0 Å². The quantitative estimate of drug-likeness (QED) is 0.527. The zero-order valence-corrected chi connectivity index (χ0v) is 16.3. The van der Waals surface area contributed by atoms with Crippen LogP contribution in [0.25, 0.3) is 0 Å². The van der Waals surface area contributed by atoms with Gasteiger partial charge in [0.25, 0.3) is 0 Å². The molecule has 1 rings (SSSR count). The number of hydrogen-bond acceptors (Lipinski definition) is 4. The molecule has 0 amide bonds. The van der Waals surface area contributed by atoms with Crippen LogP contribution in [0.2, 0.25) is 0 Å². The summed E-state index contributed by atoms with van der Waals surface area (Å²) in [6.07, 6.45) is 0.0466. The molecule has 0 aliphatic rings. The van der Waals surface area contributed by atoms with Crippen LogP contribution in [0.3, 0.4) is 0 Å². The molecule has 0 aromatic heterocycles. The molecule has 0 heterocycles. The summed E-state index contributed by atoms with van der Waals surface area (Å²) in [5.41, 5.74) is 1.09. The van der Waals surface area contributed by atoms with E-state index in [0.29, 0.717) is 24.5 Å². The average Bonchev–Trinajstić information content (AvgIpc) is 2.56. The van der Waals surface area contributed by atoms with Crippen molar-refractivity contribution in [3.63, 3.8) is 0 Å². The zero-order valence-electron chi connectivity index (χ0n) is 16.3. The van der Waals surface area contributed by atoms with Crippen LogP contribution in [-0.2, 0) is 9.47 Å². The third kappa shape index (κ3) is 7.57. The first-order chi connectivity index (χ1) is 12.2. The van der Waals surface area contributed by atoms with Crippen molar-refractivity contribution in [1.29, 1.82) is 0 Å². The van der Waals surface area contributed by atoms with E-state index in [2.05, 4.69) is 18.4 Å². The first kappa shape index (κ1) is 21.5. The summed E-state index contributed by atoms with van der Waals surface area (Å²) >= 11 is 0. The van der Waals surface area contributed by atoms with Gasteiger partial charge in [-0.25, -0.2) is 9.59 Å². The van der Waals surface area contributed by atoms with Crippen LogP contribution in [-0.4, -0.2) is 24.6 Å². The minimum atomic E-state index is -0.580. The van der Waals surface area contributed by atoms with Crippen LogP contribution in [0.5, 0.6) is 0 Å². The smallest absolute Gasteiger partial charge is 0.340 e. The van der Waals surface area contributed by atoms with Crippen molar-refractivity contribution in [2.45, 2.75) is 47.1 Å². The Morgan fingerprint density at radius 1 is 1.04 bits per heavy atom. The first-order valence-electron chi connectivity index (χ1n) is 8.84. The van der Waals surface area contributed by atoms with E-state index in [-0.39, 0.29) is 17.0 Å².